The average Bonchev–Trinajstić information content (AvgIpc) is 2.99. The maximum atomic E-state index is 3.57. The molecule has 0 bridgehead atoms. The van der Waals surface area contributed by atoms with Gasteiger partial charge in [0.15, 0.2) is 0 Å². The Morgan fingerprint density at radius 1 is 0.833 bits per heavy atom. The third-order valence-electron chi connectivity index (χ3n) is 4.25. The summed E-state index contributed by atoms with van der Waals surface area (Å²) in [5, 5.41) is 7.14. The summed E-state index contributed by atoms with van der Waals surface area (Å²) in [4.78, 5) is 4.95. The first-order chi connectivity index (χ1) is 8.74. The van der Waals surface area contributed by atoms with Crippen molar-refractivity contribution in [1.82, 2.24) is 20.4 Å². The fourth-order valence-electron chi connectivity index (χ4n) is 3.10. The number of hydrogen-bond donors (Lipinski definition) is 2. The molecule has 4 heteroatoms. The number of likely N-dealkylation sites (N-methyl/N-ethyl adjacent to an activating group) is 2. The lowest BCUT2D eigenvalue weighted by atomic mass is 10.2. The Morgan fingerprint density at radius 2 is 1.28 bits per heavy atom. The Labute approximate surface area is 112 Å². The lowest BCUT2D eigenvalue weighted by Gasteiger charge is -2.26. The molecule has 106 valence electrons. The van der Waals surface area contributed by atoms with E-state index in [0.717, 1.165) is 12.1 Å². The Morgan fingerprint density at radius 3 is 1.61 bits per heavy atom. The molecular formula is C14H30N4. The largest absolute Gasteiger partial charge is 0.313 e. The van der Waals surface area contributed by atoms with Gasteiger partial charge in [0.25, 0.3) is 0 Å². The van der Waals surface area contributed by atoms with Crippen LogP contribution in [0.1, 0.15) is 25.7 Å². The molecule has 0 amide bonds. The highest BCUT2D eigenvalue weighted by Crippen LogP contribution is 2.07. The lowest BCUT2D eigenvalue weighted by Crippen LogP contribution is -2.41. The highest BCUT2D eigenvalue weighted by atomic mass is 15.2. The third-order valence-corrected chi connectivity index (χ3v) is 4.25. The van der Waals surface area contributed by atoms with Gasteiger partial charge in [-0.3, -0.25) is 0 Å². The second-order valence-electron chi connectivity index (χ2n) is 6.11. The summed E-state index contributed by atoms with van der Waals surface area (Å²) in [7, 11) is 4.50. The molecule has 2 aliphatic heterocycles. The molecule has 0 spiro atoms. The first-order valence-electron chi connectivity index (χ1n) is 7.58. The molecule has 0 aromatic carbocycles. The SMILES string of the molecule is CN(CCN(C)C[C@@H]1CCCN1)C[C@@H]1CCCN1. The van der Waals surface area contributed by atoms with Crippen LogP contribution in [0.3, 0.4) is 0 Å². The third kappa shape index (κ3) is 4.84. The van der Waals surface area contributed by atoms with Crippen LogP contribution in [0.15, 0.2) is 0 Å². The molecule has 2 heterocycles. The highest BCUT2D eigenvalue weighted by Gasteiger charge is 2.17. The van der Waals surface area contributed by atoms with Crippen molar-refractivity contribution in [2.24, 2.45) is 0 Å². The minimum atomic E-state index is 0.733. The second-order valence-corrected chi connectivity index (χ2v) is 6.11. The van der Waals surface area contributed by atoms with Gasteiger partial charge in [-0.05, 0) is 52.9 Å². The second kappa shape index (κ2) is 7.43. The Hall–Kier alpha value is -0.160. The predicted molar refractivity (Wildman–Crippen MR) is 77.0 cm³/mol. The van der Waals surface area contributed by atoms with Gasteiger partial charge in [0, 0.05) is 38.3 Å². The van der Waals surface area contributed by atoms with Gasteiger partial charge in [-0.1, -0.05) is 0 Å². The van der Waals surface area contributed by atoms with E-state index in [1.807, 2.05) is 0 Å². The molecule has 2 fully saturated rings. The van der Waals surface area contributed by atoms with Gasteiger partial charge in [0.1, 0.15) is 0 Å². The van der Waals surface area contributed by atoms with Crippen LogP contribution < -0.4 is 10.6 Å². The van der Waals surface area contributed by atoms with Crippen LogP contribution in [0.5, 0.6) is 0 Å². The fourth-order valence-corrected chi connectivity index (χ4v) is 3.10. The molecule has 2 N–H and O–H groups in total. The first kappa shape index (κ1) is 14.3. The van der Waals surface area contributed by atoms with Gasteiger partial charge < -0.3 is 20.4 Å². The van der Waals surface area contributed by atoms with Gasteiger partial charge in [-0.25, -0.2) is 0 Å². The number of rotatable bonds is 7. The molecular weight excluding hydrogens is 224 g/mol. The predicted octanol–water partition coefficient (Wildman–Crippen LogP) is 0.354. The van der Waals surface area contributed by atoms with Crippen molar-refractivity contribution in [1.29, 1.82) is 0 Å². The molecule has 0 aromatic rings. The zero-order chi connectivity index (χ0) is 12.8. The zero-order valence-electron chi connectivity index (χ0n) is 12.1. The summed E-state index contributed by atoms with van der Waals surface area (Å²) < 4.78 is 0. The molecule has 2 aliphatic rings. The van der Waals surface area contributed by atoms with E-state index in [4.69, 9.17) is 0 Å². The summed E-state index contributed by atoms with van der Waals surface area (Å²) in [6, 6.07) is 1.47. The standard InChI is InChI=1S/C14H30N4/c1-17(11-13-5-3-7-15-13)9-10-18(2)12-14-6-4-8-16-14/h13-16H,3-12H2,1-2H3/t13-,14-/m0/s1. The molecule has 0 unspecified atom stereocenters. The molecule has 2 atom stereocenters. The lowest BCUT2D eigenvalue weighted by molar-refractivity contribution is 0.232. The van der Waals surface area contributed by atoms with Gasteiger partial charge in [0.05, 0.1) is 0 Å². The summed E-state index contributed by atoms with van der Waals surface area (Å²) in [5.74, 6) is 0. The monoisotopic (exact) mass is 254 g/mol. The van der Waals surface area contributed by atoms with Crippen LogP contribution >= 0.6 is 0 Å². The van der Waals surface area contributed by atoms with Crippen LogP contribution in [0, 0.1) is 0 Å². The molecule has 4 nitrogen and oxygen atoms in total. The highest BCUT2D eigenvalue weighted by molar-refractivity contribution is 4.79. The summed E-state index contributed by atoms with van der Waals surface area (Å²) >= 11 is 0. The van der Waals surface area contributed by atoms with Crippen LogP contribution in [-0.2, 0) is 0 Å². The average molecular weight is 254 g/mol. The molecule has 2 saturated heterocycles. The van der Waals surface area contributed by atoms with E-state index in [-0.39, 0.29) is 0 Å². The molecule has 0 aromatic heterocycles. The van der Waals surface area contributed by atoms with Gasteiger partial charge in [0.2, 0.25) is 0 Å². The quantitative estimate of drug-likeness (QED) is 0.686. The fraction of sp³-hybridized carbons (Fsp3) is 1.00. The van der Waals surface area contributed by atoms with Gasteiger partial charge >= 0.3 is 0 Å². The van der Waals surface area contributed by atoms with E-state index in [1.165, 1.54) is 65.0 Å². The van der Waals surface area contributed by atoms with E-state index in [0.29, 0.717) is 0 Å². The van der Waals surface area contributed by atoms with Gasteiger partial charge in [-0.2, -0.15) is 0 Å². The first-order valence-corrected chi connectivity index (χ1v) is 7.58. The Balaban J connectivity index is 1.54. The zero-order valence-corrected chi connectivity index (χ0v) is 12.1. The van der Waals surface area contributed by atoms with Gasteiger partial charge in [-0.15, -0.1) is 0 Å². The van der Waals surface area contributed by atoms with E-state index in [2.05, 4.69) is 34.5 Å². The van der Waals surface area contributed by atoms with Crippen LogP contribution in [0.25, 0.3) is 0 Å². The summed E-state index contributed by atoms with van der Waals surface area (Å²) in [6.07, 6.45) is 5.41. The van der Waals surface area contributed by atoms with Crippen molar-refractivity contribution in [3.8, 4) is 0 Å². The van der Waals surface area contributed by atoms with E-state index >= 15 is 0 Å². The van der Waals surface area contributed by atoms with Crippen LogP contribution in [0.2, 0.25) is 0 Å². The van der Waals surface area contributed by atoms with Crippen molar-refractivity contribution in [3.63, 3.8) is 0 Å². The minimum Gasteiger partial charge on any atom is -0.313 e. The number of nitrogens with one attached hydrogen (secondary N) is 2. The minimum absolute atomic E-state index is 0.733. The van der Waals surface area contributed by atoms with E-state index in [9.17, 15) is 0 Å². The maximum absolute atomic E-state index is 3.57. The smallest absolute Gasteiger partial charge is 0.0195 e. The summed E-state index contributed by atoms with van der Waals surface area (Å²) in [6.45, 7) is 7.20. The van der Waals surface area contributed by atoms with Crippen LogP contribution in [0.4, 0.5) is 0 Å². The van der Waals surface area contributed by atoms with Crippen molar-refractivity contribution < 1.29 is 0 Å². The Bertz CT molecular complexity index is 198. The molecule has 2 rings (SSSR count). The van der Waals surface area contributed by atoms with Crippen molar-refractivity contribution in [2.45, 2.75) is 37.8 Å². The molecule has 0 radical (unpaired) electrons. The molecule has 18 heavy (non-hydrogen) atoms. The molecule has 0 aliphatic carbocycles. The molecule has 0 saturated carbocycles. The number of hydrogen-bond acceptors (Lipinski definition) is 4. The normalized spacial score (nSPS) is 28.7. The Kier molecular flexibility index (Phi) is 5.89. The summed E-state index contributed by atoms with van der Waals surface area (Å²) in [5.41, 5.74) is 0. The van der Waals surface area contributed by atoms with Crippen molar-refractivity contribution in [3.05, 3.63) is 0 Å². The van der Waals surface area contributed by atoms with E-state index < -0.39 is 0 Å². The van der Waals surface area contributed by atoms with Crippen molar-refractivity contribution >= 4 is 0 Å². The maximum Gasteiger partial charge on any atom is 0.0195 e. The van der Waals surface area contributed by atoms with Crippen LogP contribution in [-0.4, -0.2) is 75.2 Å². The topological polar surface area (TPSA) is 30.5 Å². The van der Waals surface area contributed by atoms with E-state index in [1.54, 1.807) is 0 Å². The number of nitrogens with zero attached hydrogens (tertiary/aromatic N) is 2. The van der Waals surface area contributed by atoms with Crippen molar-refractivity contribution in [2.75, 3.05) is 53.4 Å².